The topological polar surface area (TPSA) is 78.1 Å². The maximum Gasteiger partial charge on any atom is 0.189 e. The van der Waals surface area contributed by atoms with Crippen LogP contribution in [0.2, 0.25) is 0 Å². The molecule has 1 aliphatic rings. The van der Waals surface area contributed by atoms with Crippen LogP contribution in [-0.4, -0.2) is 32.3 Å². The molecule has 138 valence electrons. The van der Waals surface area contributed by atoms with Crippen LogP contribution in [0.15, 0.2) is 53.5 Å². The number of aliphatic imine (C=N–C) groups is 1. The Kier molecular flexibility index (Phi) is 5.84. The van der Waals surface area contributed by atoms with Crippen LogP contribution in [0.4, 0.5) is 0 Å². The summed E-state index contributed by atoms with van der Waals surface area (Å²) >= 11 is 0. The summed E-state index contributed by atoms with van der Waals surface area (Å²) in [6.45, 7) is 3.08. The van der Waals surface area contributed by atoms with Crippen molar-refractivity contribution in [2.45, 2.75) is 25.5 Å². The lowest BCUT2D eigenvalue weighted by molar-refractivity contribution is 0.229. The molecule has 0 spiro atoms. The van der Waals surface area contributed by atoms with E-state index >= 15 is 0 Å². The molecule has 6 heteroatoms. The largest absolute Gasteiger partial charge is 0.497 e. The molecule has 0 saturated carbocycles. The molecule has 2 unspecified atom stereocenters. The lowest BCUT2D eigenvalue weighted by Gasteiger charge is -2.27. The molecule has 2 aromatic carbocycles. The van der Waals surface area contributed by atoms with E-state index in [2.05, 4.69) is 10.3 Å². The maximum atomic E-state index is 6.07. The first-order valence-corrected chi connectivity index (χ1v) is 8.74. The lowest BCUT2D eigenvalue weighted by atomic mass is 10.0. The van der Waals surface area contributed by atoms with E-state index in [0.717, 1.165) is 29.2 Å². The van der Waals surface area contributed by atoms with Crippen LogP contribution in [0, 0.1) is 0 Å². The number of fused-ring (bicyclic) bond motifs is 1. The van der Waals surface area contributed by atoms with E-state index in [4.69, 9.17) is 19.9 Å². The Hall–Kier alpha value is -2.89. The fourth-order valence-corrected chi connectivity index (χ4v) is 2.89. The molecule has 0 aliphatic carbocycles. The van der Waals surface area contributed by atoms with Gasteiger partial charge < -0.3 is 25.3 Å². The molecule has 0 amide bonds. The molecule has 2 atom stereocenters. The van der Waals surface area contributed by atoms with E-state index in [-0.39, 0.29) is 12.1 Å². The standard InChI is InChI=1S/C20H25N3O3/c1-14(26-16-7-5-6-15(12-16)24-2)13-22-20(21)23-18-10-11-25-19-9-4-3-8-17(18)19/h3-9,12,14,18H,10-11,13H2,1-2H3,(H3,21,22,23). The second-order valence-corrected chi connectivity index (χ2v) is 6.21. The summed E-state index contributed by atoms with van der Waals surface area (Å²) in [6.07, 6.45) is 0.743. The fourth-order valence-electron chi connectivity index (χ4n) is 2.89. The Labute approximate surface area is 154 Å². The van der Waals surface area contributed by atoms with Gasteiger partial charge in [-0.05, 0) is 25.1 Å². The number of nitrogens with two attached hydrogens (primary N) is 1. The van der Waals surface area contributed by atoms with Crippen LogP contribution >= 0.6 is 0 Å². The van der Waals surface area contributed by atoms with Gasteiger partial charge in [-0.2, -0.15) is 0 Å². The number of guanidine groups is 1. The van der Waals surface area contributed by atoms with Gasteiger partial charge in [-0.3, -0.25) is 0 Å². The predicted molar refractivity (Wildman–Crippen MR) is 102 cm³/mol. The van der Waals surface area contributed by atoms with E-state index in [1.54, 1.807) is 7.11 Å². The van der Waals surface area contributed by atoms with Crippen molar-refractivity contribution in [2.75, 3.05) is 20.3 Å². The van der Waals surface area contributed by atoms with Gasteiger partial charge in [0.2, 0.25) is 0 Å². The Bertz CT molecular complexity index is 763. The SMILES string of the molecule is COc1cccc(OC(C)CN=C(N)NC2CCOc3ccccc32)c1. The third kappa shape index (κ3) is 4.59. The van der Waals surface area contributed by atoms with Crippen molar-refractivity contribution in [3.63, 3.8) is 0 Å². The van der Waals surface area contributed by atoms with E-state index < -0.39 is 0 Å². The molecule has 3 N–H and O–H groups in total. The highest BCUT2D eigenvalue weighted by Crippen LogP contribution is 2.31. The minimum atomic E-state index is -0.107. The smallest absolute Gasteiger partial charge is 0.189 e. The first-order valence-electron chi connectivity index (χ1n) is 8.74. The molecule has 0 saturated heterocycles. The summed E-state index contributed by atoms with van der Waals surface area (Å²) in [5, 5.41) is 3.28. The molecule has 2 aromatic rings. The Morgan fingerprint density at radius 1 is 1.27 bits per heavy atom. The van der Waals surface area contributed by atoms with Gasteiger partial charge in [0, 0.05) is 18.1 Å². The van der Waals surface area contributed by atoms with E-state index in [0.29, 0.717) is 19.1 Å². The first-order chi connectivity index (χ1) is 12.7. The zero-order chi connectivity index (χ0) is 18.4. The van der Waals surface area contributed by atoms with Gasteiger partial charge in [-0.1, -0.05) is 24.3 Å². The summed E-state index contributed by atoms with van der Waals surface area (Å²) in [7, 11) is 1.63. The normalized spacial score (nSPS) is 17.6. The molecular weight excluding hydrogens is 330 g/mol. The van der Waals surface area contributed by atoms with Crippen LogP contribution < -0.4 is 25.3 Å². The van der Waals surface area contributed by atoms with E-state index in [1.807, 2.05) is 55.5 Å². The van der Waals surface area contributed by atoms with Crippen molar-refractivity contribution in [1.29, 1.82) is 0 Å². The molecule has 0 fully saturated rings. The number of benzene rings is 2. The zero-order valence-electron chi connectivity index (χ0n) is 15.1. The Morgan fingerprint density at radius 3 is 2.92 bits per heavy atom. The summed E-state index contributed by atoms with van der Waals surface area (Å²) in [4.78, 5) is 4.42. The third-order valence-corrected chi connectivity index (χ3v) is 4.18. The van der Waals surface area contributed by atoms with Gasteiger partial charge >= 0.3 is 0 Å². The van der Waals surface area contributed by atoms with Gasteiger partial charge in [-0.15, -0.1) is 0 Å². The molecule has 0 bridgehead atoms. The first kappa shape index (κ1) is 17.9. The van der Waals surface area contributed by atoms with Crippen molar-refractivity contribution in [3.8, 4) is 17.2 Å². The highest BCUT2D eigenvalue weighted by molar-refractivity contribution is 5.78. The van der Waals surface area contributed by atoms with Gasteiger partial charge in [0.1, 0.15) is 23.4 Å². The van der Waals surface area contributed by atoms with E-state index in [1.165, 1.54) is 0 Å². The third-order valence-electron chi connectivity index (χ3n) is 4.18. The molecule has 6 nitrogen and oxygen atoms in total. The van der Waals surface area contributed by atoms with Crippen LogP contribution in [0.3, 0.4) is 0 Å². The molecule has 1 aliphatic heterocycles. The lowest BCUT2D eigenvalue weighted by Crippen LogP contribution is -2.38. The van der Waals surface area contributed by atoms with Crippen LogP contribution in [-0.2, 0) is 0 Å². The number of methoxy groups -OCH3 is 1. The van der Waals surface area contributed by atoms with Gasteiger partial charge in [-0.25, -0.2) is 4.99 Å². The summed E-state index contributed by atoms with van der Waals surface area (Å²) < 4.78 is 16.7. The average Bonchev–Trinajstić information content (AvgIpc) is 2.67. The predicted octanol–water partition coefficient (Wildman–Crippen LogP) is 2.89. The number of ether oxygens (including phenoxy) is 3. The maximum absolute atomic E-state index is 6.07. The average molecular weight is 355 g/mol. The van der Waals surface area contributed by atoms with Crippen molar-refractivity contribution in [2.24, 2.45) is 10.7 Å². The molecule has 0 aromatic heterocycles. The van der Waals surface area contributed by atoms with Gasteiger partial charge in [0.15, 0.2) is 5.96 Å². The second-order valence-electron chi connectivity index (χ2n) is 6.21. The second kappa shape index (κ2) is 8.47. The number of rotatable bonds is 6. The van der Waals surface area contributed by atoms with Crippen LogP contribution in [0.1, 0.15) is 24.9 Å². The van der Waals surface area contributed by atoms with Crippen molar-refractivity contribution in [1.82, 2.24) is 5.32 Å². The van der Waals surface area contributed by atoms with E-state index in [9.17, 15) is 0 Å². The van der Waals surface area contributed by atoms with Crippen molar-refractivity contribution in [3.05, 3.63) is 54.1 Å². The number of para-hydroxylation sites is 1. The summed E-state index contributed by atoms with van der Waals surface area (Å²) in [5.74, 6) is 2.82. The van der Waals surface area contributed by atoms with Crippen molar-refractivity contribution >= 4 is 5.96 Å². The highest BCUT2D eigenvalue weighted by atomic mass is 16.5. The Balaban J connectivity index is 1.55. The summed E-state index contributed by atoms with van der Waals surface area (Å²) in [6, 6.07) is 15.6. The number of nitrogens with one attached hydrogen (secondary N) is 1. The zero-order valence-corrected chi connectivity index (χ0v) is 15.1. The molecule has 3 rings (SSSR count). The van der Waals surface area contributed by atoms with Crippen molar-refractivity contribution < 1.29 is 14.2 Å². The Morgan fingerprint density at radius 2 is 2.08 bits per heavy atom. The molecule has 26 heavy (non-hydrogen) atoms. The number of nitrogens with zero attached hydrogens (tertiary/aromatic N) is 1. The monoisotopic (exact) mass is 355 g/mol. The quantitative estimate of drug-likeness (QED) is 0.615. The molecular formula is C20H25N3O3. The molecule has 1 heterocycles. The molecule has 0 radical (unpaired) electrons. The number of hydrogen-bond acceptors (Lipinski definition) is 4. The summed E-state index contributed by atoms with van der Waals surface area (Å²) in [5.41, 5.74) is 7.18. The minimum Gasteiger partial charge on any atom is -0.497 e. The van der Waals surface area contributed by atoms with Gasteiger partial charge in [0.05, 0.1) is 26.3 Å². The van der Waals surface area contributed by atoms with Crippen LogP contribution in [0.25, 0.3) is 0 Å². The number of hydrogen-bond donors (Lipinski definition) is 2. The van der Waals surface area contributed by atoms with Crippen LogP contribution in [0.5, 0.6) is 17.2 Å². The minimum absolute atomic E-state index is 0.107. The van der Waals surface area contributed by atoms with Gasteiger partial charge in [0.25, 0.3) is 0 Å². The highest BCUT2D eigenvalue weighted by Gasteiger charge is 2.21. The fraction of sp³-hybridized carbons (Fsp3) is 0.350.